The van der Waals surface area contributed by atoms with Crippen LogP contribution in [0.15, 0.2) is 72.9 Å². The Morgan fingerprint density at radius 2 is 1.73 bits per heavy atom. The molecule has 0 aliphatic carbocycles. The molecule has 0 saturated carbocycles. The number of methoxy groups -OCH3 is 1. The molecule has 1 aromatic heterocycles. The van der Waals surface area contributed by atoms with Crippen LogP contribution in [-0.4, -0.2) is 84.1 Å². The highest BCUT2D eigenvalue weighted by Crippen LogP contribution is 2.35. The zero-order valence-electron chi connectivity index (χ0n) is 29.5. The highest BCUT2D eigenvalue weighted by molar-refractivity contribution is 6.06. The van der Waals surface area contributed by atoms with Crippen molar-refractivity contribution in [1.29, 1.82) is 0 Å². The first-order chi connectivity index (χ1) is 24.9. The molecule has 0 atom stereocenters. The second kappa shape index (κ2) is 14.3. The molecule has 5 heterocycles. The molecule has 264 valence electrons. The van der Waals surface area contributed by atoms with E-state index < -0.39 is 0 Å². The van der Waals surface area contributed by atoms with Crippen LogP contribution in [0.25, 0.3) is 0 Å². The lowest BCUT2D eigenvalue weighted by Crippen LogP contribution is -2.54. The van der Waals surface area contributed by atoms with E-state index in [-0.39, 0.29) is 18.5 Å². The van der Waals surface area contributed by atoms with Gasteiger partial charge in [0.25, 0.3) is 0 Å². The number of nitrogens with one attached hydrogen (secondary N) is 2. The molecule has 3 amide bonds. The fraction of sp³-hybridized carbons (Fsp3) is 0.400. The first-order valence-corrected chi connectivity index (χ1v) is 18.2. The lowest BCUT2D eigenvalue weighted by atomic mass is 9.88. The summed E-state index contributed by atoms with van der Waals surface area (Å²) in [6, 6.07) is 23.0. The molecule has 4 aliphatic rings. The normalized spacial score (nSPS) is 18.8. The number of imide groups is 1. The average molecular weight is 687 g/mol. The summed E-state index contributed by atoms with van der Waals surface area (Å²) < 4.78 is 5.24. The summed E-state index contributed by atoms with van der Waals surface area (Å²) in [6.07, 6.45) is 5.52. The van der Waals surface area contributed by atoms with Crippen molar-refractivity contribution in [2.45, 2.75) is 57.7 Å². The van der Waals surface area contributed by atoms with Gasteiger partial charge in [0.05, 0.1) is 19.3 Å². The van der Waals surface area contributed by atoms with Crippen LogP contribution in [0.1, 0.15) is 53.1 Å². The van der Waals surface area contributed by atoms with Gasteiger partial charge < -0.3 is 20.3 Å². The zero-order valence-corrected chi connectivity index (χ0v) is 29.5. The van der Waals surface area contributed by atoms with E-state index in [1.807, 2.05) is 36.5 Å². The number of ether oxygens (including phenoxy) is 1. The Balaban J connectivity index is 0.821. The van der Waals surface area contributed by atoms with Gasteiger partial charge in [-0.2, -0.15) is 0 Å². The van der Waals surface area contributed by atoms with Gasteiger partial charge in [-0.15, -0.1) is 0 Å². The van der Waals surface area contributed by atoms with Gasteiger partial charge in [-0.05, 0) is 97.4 Å². The molecule has 3 fully saturated rings. The molecule has 11 heteroatoms. The molecule has 11 nitrogen and oxygen atoms in total. The lowest BCUT2D eigenvalue weighted by Gasteiger charge is -2.47. The van der Waals surface area contributed by atoms with Crippen molar-refractivity contribution in [3.05, 3.63) is 101 Å². The minimum absolute atomic E-state index is 0.141. The number of nitrogens with zero attached hydrogens (tertiary/aromatic N) is 6. The van der Waals surface area contributed by atoms with Crippen molar-refractivity contribution < 1.29 is 14.3 Å². The number of hydrogen-bond acceptors (Lipinski definition) is 9. The number of urea groups is 1. The van der Waals surface area contributed by atoms with Crippen molar-refractivity contribution in [3.63, 3.8) is 0 Å². The van der Waals surface area contributed by atoms with Gasteiger partial charge in [0.2, 0.25) is 11.9 Å². The van der Waals surface area contributed by atoms with Crippen LogP contribution in [0.2, 0.25) is 0 Å². The number of rotatable bonds is 9. The Hall–Kier alpha value is -5.00. The third kappa shape index (κ3) is 7.00. The highest BCUT2D eigenvalue weighted by Gasteiger charge is 2.36. The second-order valence-corrected chi connectivity index (χ2v) is 14.2. The topological polar surface area (TPSA) is 106 Å². The molecule has 0 spiro atoms. The van der Waals surface area contributed by atoms with Crippen LogP contribution in [0.4, 0.5) is 27.8 Å². The smallest absolute Gasteiger partial charge is 0.331 e. The number of aryl methyl sites for hydroxylation is 1. The summed E-state index contributed by atoms with van der Waals surface area (Å²) in [6.45, 7) is 8.72. The minimum atomic E-state index is -0.267. The molecule has 3 aromatic carbocycles. The zero-order chi connectivity index (χ0) is 34.9. The van der Waals surface area contributed by atoms with Crippen LogP contribution in [-0.2, 0) is 24.3 Å². The number of anilines is 4. The fourth-order valence-electron chi connectivity index (χ4n) is 7.90. The maximum Gasteiger partial charge on any atom is 0.331 e. The van der Waals surface area contributed by atoms with Gasteiger partial charge in [0.15, 0.2) is 0 Å². The van der Waals surface area contributed by atoms with Crippen LogP contribution in [0, 0.1) is 6.92 Å². The van der Waals surface area contributed by atoms with Crippen LogP contribution in [0.5, 0.6) is 5.75 Å². The standard InChI is InChI=1S/C40H46N8O3/c1-27-21-34(9-12-37(27)47-20-16-38(49)48(40(47)50)24-28-3-10-35(51-2)11-4-28)45-18-14-33(15-19-45)46-25-31(26-46)29-5-7-32(8-6-29)43-39-42-22-30-13-17-41-23-36(30)44-39/h3-12,21-22,31,33,41H,13-20,23-26H2,1-2H3,(H,42,43,44). The summed E-state index contributed by atoms with van der Waals surface area (Å²) >= 11 is 0. The third-order valence-electron chi connectivity index (χ3n) is 11.0. The summed E-state index contributed by atoms with van der Waals surface area (Å²) in [5.74, 6) is 1.82. The first-order valence-electron chi connectivity index (χ1n) is 18.2. The van der Waals surface area contributed by atoms with Crippen LogP contribution < -0.4 is 25.2 Å². The molecule has 8 rings (SSSR count). The van der Waals surface area contributed by atoms with E-state index in [0.29, 0.717) is 30.9 Å². The van der Waals surface area contributed by atoms with Gasteiger partial charge in [0, 0.05) is 80.9 Å². The van der Waals surface area contributed by atoms with Gasteiger partial charge in [-0.1, -0.05) is 24.3 Å². The van der Waals surface area contributed by atoms with Gasteiger partial charge in [-0.3, -0.25) is 19.5 Å². The number of benzene rings is 3. The molecule has 4 aromatic rings. The quantitative estimate of drug-likeness (QED) is 0.233. The molecule has 2 N–H and O–H groups in total. The van der Waals surface area contributed by atoms with E-state index in [0.717, 1.165) is 92.5 Å². The second-order valence-electron chi connectivity index (χ2n) is 14.2. The Morgan fingerprint density at radius 1 is 0.941 bits per heavy atom. The summed E-state index contributed by atoms with van der Waals surface area (Å²) in [7, 11) is 1.62. The molecule has 0 radical (unpaired) electrons. The predicted molar refractivity (Wildman–Crippen MR) is 199 cm³/mol. The maximum atomic E-state index is 13.6. The fourth-order valence-corrected chi connectivity index (χ4v) is 7.90. The summed E-state index contributed by atoms with van der Waals surface area (Å²) in [5, 5.41) is 6.75. The monoisotopic (exact) mass is 686 g/mol. The molecule has 0 unspecified atom stereocenters. The number of hydrogen-bond donors (Lipinski definition) is 2. The predicted octanol–water partition coefficient (Wildman–Crippen LogP) is 5.61. The minimum Gasteiger partial charge on any atom is -0.497 e. The van der Waals surface area contributed by atoms with Gasteiger partial charge in [-0.25, -0.2) is 14.8 Å². The lowest BCUT2D eigenvalue weighted by molar-refractivity contribution is -0.129. The Morgan fingerprint density at radius 3 is 2.47 bits per heavy atom. The van der Waals surface area contributed by atoms with Crippen LogP contribution in [0.3, 0.4) is 0 Å². The Labute approximate surface area is 299 Å². The molecular formula is C40H46N8O3. The van der Waals surface area contributed by atoms with E-state index in [9.17, 15) is 9.59 Å². The Kier molecular flexibility index (Phi) is 9.31. The molecule has 4 aliphatic heterocycles. The van der Waals surface area contributed by atoms with Crippen LogP contribution >= 0.6 is 0 Å². The summed E-state index contributed by atoms with van der Waals surface area (Å²) in [4.78, 5) is 43.8. The van der Waals surface area contributed by atoms with Gasteiger partial charge >= 0.3 is 6.03 Å². The third-order valence-corrected chi connectivity index (χ3v) is 11.0. The number of piperidine rings is 1. The highest BCUT2D eigenvalue weighted by atomic mass is 16.5. The number of fused-ring (bicyclic) bond motifs is 1. The van der Waals surface area contributed by atoms with Crippen molar-refractivity contribution in [1.82, 2.24) is 25.1 Å². The number of carbonyl (C=O) groups excluding carboxylic acids is 2. The van der Waals surface area contributed by atoms with Crippen molar-refractivity contribution in [3.8, 4) is 5.75 Å². The average Bonchev–Trinajstić information content (AvgIpc) is 3.14. The molecule has 0 bridgehead atoms. The largest absolute Gasteiger partial charge is 0.497 e. The number of likely N-dealkylation sites (tertiary alicyclic amines) is 1. The number of aromatic nitrogens is 2. The van der Waals surface area contributed by atoms with E-state index in [2.05, 4.69) is 68.7 Å². The van der Waals surface area contributed by atoms with E-state index in [1.54, 1.807) is 12.0 Å². The van der Waals surface area contributed by atoms with Crippen molar-refractivity contribution in [2.75, 3.05) is 61.5 Å². The SMILES string of the molecule is COc1ccc(CN2C(=O)CCN(c3ccc(N4CCC(N5CC(c6ccc(Nc7ncc8c(n7)CNCC8)cc6)C5)CC4)cc3C)C2=O)cc1. The van der Waals surface area contributed by atoms with E-state index >= 15 is 0 Å². The maximum absolute atomic E-state index is 13.6. The summed E-state index contributed by atoms with van der Waals surface area (Å²) in [5.41, 5.74) is 8.72. The Bertz CT molecular complexity index is 1890. The number of carbonyl (C=O) groups is 2. The van der Waals surface area contributed by atoms with E-state index in [4.69, 9.17) is 9.72 Å². The van der Waals surface area contributed by atoms with E-state index in [1.165, 1.54) is 21.7 Å². The van der Waals surface area contributed by atoms with Gasteiger partial charge in [0.1, 0.15) is 5.75 Å². The molecule has 51 heavy (non-hydrogen) atoms. The van der Waals surface area contributed by atoms with Crippen molar-refractivity contribution >= 4 is 34.9 Å². The first kappa shape index (κ1) is 33.2. The molecular weight excluding hydrogens is 640 g/mol. The molecule has 3 saturated heterocycles. The number of amides is 3. The van der Waals surface area contributed by atoms with Crippen molar-refractivity contribution in [2.24, 2.45) is 0 Å².